The van der Waals surface area contributed by atoms with Gasteiger partial charge < -0.3 is 0 Å². The van der Waals surface area contributed by atoms with Gasteiger partial charge in [-0.3, -0.25) is 9.59 Å². The van der Waals surface area contributed by atoms with Crippen molar-refractivity contribution < 1.29 is 9.59 Å². The predicted octanol–water partition coefficient (Wildman–Crippen LogP) is 20.0. The van der Waals surface area contributed by atoms with Crippen LogP contribution in [-0.2, 0) is 15.0 Å². The van der Waals surface area contributed by atoms with Gasteiger partial charge in [-0.05, 0) is 140 Å². The summed E-state index contributed by atoms with van der Waals surface area (Å²) >= 11 is 4.02. The minimum atomic E-state index is 0.193. The van der Waals surface area contributed by atoms with Crippen molar-refractivity contribution in [3.8, 4) is 9.75 Å². The topological polar surface area (TPSA) is 34.1 Å². The average molecular weight is 956 g/mol. The Morgan fingerprint density at radius 2 is 0.970 bits per heavy atom. The largest absolute Gasteiger partial charge is 0.299 e. The lowest BCUT2D eigenvalue weighted by molar-refractivity contribution is -0.136. The maximum atomic E-state index is 15.7. The van der Waals surface area contributed by atoms with Crippen LogP contribution in [0.25, 0.3) is 9.75 Å². The SMILES string of the molecule is CCCCCCCCCCCCC1C2C(=O)C3CC(C(C)(C)CC)CCC3C2C(CCCCCCCCCCCC)C2C(=O)C3CC(c4ccc(-c5ccc(C(C)(C)CCC)s5)s4)CCC3C12. The molecule has 12 atom stereocenters. The minimum Gasteiger partial charge on any atom is -0.299 e. The molecule has 7 rings (SSSR count). The molecule has 5 fully saturated rings. The van der Waals surface area contributed by atoms with E-state index in [0.29, 0.717) is 64.3 Å². The van der Waals surface area contributed by atoms with Gasteiger partial charge in [0, 0.05) is 43.2 Å². The molecule has 2 aromatic heterocycles. The normalized spacial score (nSPS) is 30.7. The number of hydrogen-bond donors (Lipinski definition) is 0. The number of ketones is 2. The van der Waals surface area contributed by atoms with Crippen LogP contribution >= 0.6 is 22.7 Å². The van der Waals surface area contributed by atoms with E-state index in [1.807, 2.05) is 22.7 Å². The van der Waals surface area contributed by atoms with Crippen LogP contribution in [0.1, 0.15) is 270 Å². The summed E-state index contributed by atoms with van der Waals surface area (Å²) in [5.74, 6) is 6.12. The van der Waals surface area contributed by atoms with E-state index in [-0.39, 0.29) is 29.1 Å². The zero-order valence-corrected chi connectivity index (χ0v) is 46.4. The molecule has 5 aliphatic rings. The molecule has 0 N–H and O–H groups in total. The zero-order chi connectivity index (χ0) is 47.6. The van der Waals surface area contributed by atoms with Crippen molar-refractivity contribution in [1.29, 1.82) is 0 Å². The van der Waals surface area contributed by atoms with E-state index in [1.165, 1.54) is 206 Å². The Bertz CT molecular complexity index is 1770. The Morgan fingerprint density at radius 3 is 1.48 bits per heavy atom. The number of hydrogen-bond acceptors (Lipinski definition) is 4. The molecule has 0 radical (unpaired) electrons. The zero-order valence-electron chi connectivity index (χ0n) is 44.8. The molecule has 2 aromatic rings. The fourth-order valence-corrected chi connectivity index (χ4v) is 18.4. The van der Waals surface area contributed by atoms with Crippen LogP contribution in [0, 0.1) is 70.5 Å². The van der Waals surface area contributed by atoms with Gasteiger partial charge in [-0.25, -0.2) is 0 Å². The van der Waals surface area contributed by atoms with Gasteiger partial charge in [-0.2, -0.15) is 0 Å². The van der Waals surface area contributed by atoms with Crippen LogP contribution in [0.2, 0.25) is 0 Å². The second-order valence-corrected chi connectivity index (χ2v) is 27.4. The summed E-state index contributed by atoms with van der Waals surface area (Å²) < 4.78 is 0. The predicted molar refractivity (Wildman–Crippen MR) is 291 cm³/mol. The van der Waals surface area contributed by atoms with Crippen molar-refractivity contribution >= 4 is 34.2 Å². The molecule has 5 aliphatic carbocycles. The maximum absolute atomic E-state index is 15.7. The van der Waals surface area contributed by atoms with Crippen molar-refractivity contribution in [2.75, 3.05) is 0 Å². The van der Waals surface area contributed by atoms with Crippen molar-refractivity contribution in [1.82, 2.24) is 0 Å². The standard InChI is InChI=1S/C63H102O2S2/c1-9-13-15-17-19-21-23-25-27-29-31-48-56-46-35-33-44(52-37-38-53(66-52)54-39-40-55(67-54)63(7,8)41-11-3)42-50(46)60(64)58(56)49(32-30-28-26-24-22-20-18-16-14-10-2)57-47-36-34-45(62(5,6)12-4)43-51(47)61(65)59(48)57/h37-40,44-51,56-59H,9-36,41-43H2,1-8H3. The Balaban J connectivity index is 1.11. The molecule has 2 heterocycles. The Morgan fingerprint density at radius 1 is 0.507 bits per heavy atom. The van der Waals surface area contributed by atoms with Crippen LogP contribution < -0.4 is 0 Å². The van der Waals surface area contributed by atoms with Gasteiger partial charge in [0.1, 0.15) is 11.6 Å². The van der Waals surface area contributed by atoms with E-state index < -0.39 is 0 Å². The van der Waals surface area contributed by atoms with Crippen LogP contribution in [0.5, 0.6) is 0 Å². The quantitative estimate of drug-likeness (QED) is 0.0762. The third-order valence-corrected chi connectivity index (χ3v) is 23.0. The van der Waals surface area contributed by atoms with E-state index in [1.54, 1.807) is 0 Å². The van der Waals surface area contributed by atoms with Crippen LogP contribution in [0.15, 0.2) is 24.3 Å². The third kappa shape index (κ3) is 12.7. The Hall–Kier alpha value is -1.26. The first kappa shape index (κ1) is 53.5. The number of carbonyl (C=O) groups excluding carboxylic acids is 2. The molecule has 67 heavy (non-hydrogen) atoms. The number of fused-ring (bicyclic) bond motifs is 6. The van der Waals surface area contributed by atoms with Crippen LogP contribution in [0.3, 0.4) is 0 Å². The highest BCUT2D eigenvalue weighted by molar-refractivity contribution is 7.22. The fraction of sp³-hybridized carbons (Fsp3) is 0.841. The molecular formula is C63H102O2S2. The molecule has 0 aliphatic heterocycles. The number of rotatable bonds is 29. The summed E-state index contributed by atoms with van der Waals surface area (Å²) in [5, 5.41) is 0. The van der Waals surface area contributed by atoms with Gasteiger partial charge in [-0.1, -0.05) is 197 Å². The molecule has 0 aromatic carbocycles. The highest BCUT2D eigenvalue weighted by Gasteiger charge is 2.67. The molecule has 2 nitrogen and oxygen atoms in total. The van der Waals surface area contributed by atoms with E-state index in [9.17, 15) is 0 Å². The van der Waals surface area contributed by atoms with Crippen LogP contribution in [-0.4, -0.2) is 11.6 Å². The summed E-state index contributed by atoms with van der Waals surface area (Å²) in [4.78, 5) is 37.0. The summed E-state index contributed by atoms with van der Waals surface area (Å²) in [6.45, 7) is 19.1. The summed E-state index contributed by atoms with van der Waals surface area (Å²) in [5.41, 5.74) is 0.520. The molecule has 0 spiro atoms. The van der Waals surface area contributed by atoms with Gasteiger partial charge in [0.15, 0.2) is 0 Å². The molecule has 4 heteroatoms. The lowest BCUT2D eigenvalue weighted by Gasteiger charge is -2.50. The van der Waals surface area contributed by atoms with Crippen molar-refractivity contribution in [2.45, 2.75) is 266 Å². The molecule has 5 saturated carbocycles. The summed E-state index contributed by atoms with van der Waals surface area (Å²) in [6, 6.07) is 9.60. The monoisotopic (exact) mass is 955 g/mol. The summed E-state index contributed by atoms with van der Waals surface area (Å²) in [7, 11) is 0. The summed E-state index contributed by atoms with van der Waals surface area (Å²) in [6.07, 6.45) is 40.3. The smallest absolute Gasteiger partial charge is 0.139 e. The first-order valence-corrected chi connectivity index (χ1v) is 31.4. The third-order valence-electron chi connectivity index (χ3n) is 20.1. The lowest BCUT2D eigenvalue weighted by atomic mass is 9.53. The van der Waals surface area contributed by atoms with Crippen molar-refractivity contribution in [3.05, 3.63) is 34.0 Å². The minimum absolute atomic E-state index is 0.193. The van der Waals surface area contributed by atoms with E-state index in [0.717, 1.165) is 12.8 Å². The Labute approximate surface area is 421 Å². The highest BCUT2D eigenvalue weighted by atomic mass is 32.1. The average Bonchev–Trinajstić information content (AvgIpc) is 4.13. The maximum Gasteiger partial charge on any atom is 0.139 e. The van der Waals surface area contributed by atoms with Gasteiger partial charge in [0.25, 0.3) is 0 Å². The molecule has 0 saturated heterocycles. The van der Waals surface area contributed by atoms with Crippen molar-refractivity contribution in [3.63, 3.8) is 0 Å². The number of unbranched alkanes of at least 4 members (excludes halogenated alkanes) is 18. The van der Waals surface area contributed by atoms with E-state index in [4.69, 9.17) is 0 Å². The van der Waals surface area contributed by atoms with Gasteiger partial charge >= 0.3 is 0 Å². The molecule has 0 bridgehead atoms. The van der Waals surface area contributed by atoms with Gasteiger partial charge in [0.2, 0.25) is 0 Å². The van der Waals surface area contributed by atoms with Crippen LogP contribution in [0.4, 0.5) is 0 Å². The molecule has 0 amide bonds. The highest BCUT2D eigenvalue weighted by Crippen LogP contribution is 2.68. The first-order chi connectivity index (χ1) is 32.4. The number of carbonyl (C=O) groups is 2. The second-order valence-electron chi connectivity index (χ2n) is 25.2. The van der Waals surface area contributed by atoms with Crippen molar-refractivity contribution in [2.24, 2.45) is 70.5 Å². The van der Waals surface area contributed by atoms with E-state index >= 15 is 9.59 Å². The second kappa shape index (κ2) is 25.4. The van der Waals surface area contributed by atoms with E-state index in [2.05, 4.69) is 79.7 Å². The number of thiophene rings is 2. The first-order valence-electron chi connectivity index (χ1n) is 29.7. The lowest BCUT2D eigenvalue weighted by Crippen LogP contribution is -2.49. The fourth-order valence-electron chi connectivity index (χ4n) is 16.0. The molecular weight excluding hydrogens is 853 g/mol. The van der Waals surface area contributed by atoms with Gasteiger partial charge in [0.05, 0.1) is 0 Å². The Kier molecular flexibility index (Phi) is 20.3. The number of Topliss-reactive ketones (excluding diaryl/α,β-unsaturated/α-hetero) is 2. The van der Waals surface area contributed by atoms with Gasteiger partial charge in [-0.15, -0.1) is 22.7 Å². The molecule has 378 valence electrons. The molecule has 12 unspecified atom stereocenters.